The van der Waals surface area contributed by atoms with E-state index in [1.807, 2.05) is 30.4 Å². The van der Waals surface area contributed by atoms with Crippen molar-refractivity contribution in [3.8, 4) is 5.75 Å². The van der Waals surface area contributed by atoms with Gasteiger partial charge in [-0.15, -0.1) is 0 Å². The number of amides is 2. The minimum Gasteiger partial charge on any atom is -0.497 e. The monoisotopic (exact) mass is 512 g/mol. The lowest BCUT2D eigenvalue weighted by molar-refractivity contribution is -0.118. The van der Waals surface area contributed by atoms with Gasteiger partial charge in [-0.2, -0.15) is 0 Å². The maximum atomic E-state index is 12.6. The quantitative estimate of drug-likeness (QED) is 0.431. The Bertz CT molecular complexity index is 1270. The number of rotatable bonds is 8. The molecule has 196 valence electrons. The van der Waals surface area contributed by atoms with Crippen LogP contribution in [0.2, 0.25) is 0 Å². The highest BCUT2D eigenvalue weighted by Gasteiger charge is 2.26. The summed E-state index contributed by atoms with van der Waals surface area (Å²) < 4.78 is 11.0. The molecule has 1 atom stereocenters. The number of anilines is 1. The number of ether oxygens (including phenoxy) is 2. The molecule has 38 heavy (non-hydrogen) atoms. The van der Waals surface area contributed by atoms with Gasteiger partial charge in [0.25, 0.3) is 5.91 Å². The first-order valence-corrected chi connectivity index (χ1v) is 12.9. The lowest BCUT2D eigenvalue weighted by Crippen LogP contribution is -2.47. The molecule has 3 aliphatic rings. The third-order valence-corrected chi connectivity index (χ3v) is 6.87. The Balaban J connectivity index is 1.04. The number of hydrogen-bond acceptors (Lipinski definition) is 6. The van der Waals surface area contributed by atoms with Crippen molar-refractivity contribution in [2.75, 3.05) is 51.3 Å². The fraction of sp³-hybridized carbons (Fsp3) is 0.300. The highest BCUT2D eigenvalue weighted by molar-refractivity contribution is 6.13. The average Bonchev–Trinajstić information content (AvgIpc) is 2.96. The Kier molecular flexibility index (Phi) is 7.99. The number of methoxy groups -OCH3 is 1. The first kappa shape index (κ1) is 25.5. The molecule has 0 bridgehead atoms. The molecule has 2 aromatic carbocycles. The minimum absolute atomic E-state index is 0.105. The maximum absolute atomic E-state index is 12.6. The van der Waals surface area contributed by atoms with Crippen molar-refractivity contribution < 1.29 is 19.1 Å². The SMILES string of the molecule is COc1ccc(N2CCN(CCCNC(=O)c3ccc(/C=C4\OC5C=CC=CC5=NC4=O)cc3)CC2)cc1. The summed E-state index contributed by atoms with van der Waals surface area (Å²) in [5.74, 6) is 0.560. The van der Waals surface area contributed by atoms with Crippen LogP contribution in [0.1, 0.15) is 22.3 Å². The van der Waals surface area contributed by atoms with Crippen molar-refractivity contribution in [2.45, 2.75) is 12.5 Å². The van der Waals surface area contributed by atoms with Crippen LogP contribution in [0.5, 0.6) is 5.75 Å². The van der Waals surface area contributed by atoms with Crippen LogP contribution < -0.4 is 15.0 Å². The van der Waals surface area contributed by atoms with E-state index in [9.17, 15) is 9.59 Å². The van der Waals surface area contributed by atoms with E-state index in [0.29, 0.717) is 17.8 Å². The van der Waals surface area contributed by atoms with Crippen molar-refractivity contribution in [3.63, 3.8) is 0 Å². The second kappa shape index (κ2) is 11.9. The molecule has 1 unspecified atom stereocenters. The number of allylic oxidation sites excluding steroid dienone is 2. The third kappa shape index (κ3) is 6.20. The molecule has 0 aromatic heterocycles. The number of nitrogens with one attached hydrogen (secondary N) is 1. The van der Waals surface area contributed by atoms with Gasteiger partial charge in [-0.1, -0.05) is 24.3 Å². The molecule has 2 heterocycles. The Labute approximate surface area is 222 Å². The first-order chi connectivity index (χ1) is 18.6. The van der Waals surface area contributed by atoms with Crippen LogP contribution in [-0.2, 0) is 9.53 Å². The number of hydrogen-bond donors (Lipinski definition) is 1. The van der Waals surface area contributed by atoms with E-state index >= 15 is 0 Å². The molecular weight excluding hydrogens is 480 g/mol. The van der Waals surface area contributed by atoms with E-state index in [4.69, 9.17) is 9.47 Å². The van der Waals surface area contributed by atoms with Crippen LogP contribution in [0, 0.1) is 0 Å². The summed E-state index contributed by atoms with van der Waals surface area (Å²) in [4.78, 5) is 33.8. The molecule has 2 amide bonds. The van der Waals surface area contributed by atoms with E-state index in [2.05, 4.69) is 32.2 Å². The summed E-state index contributed by atoms with van der Waals surface area (Å²) in [5.41, 5.74) is 3.18. The third-order valence-electron chi connectivity index (χ3n) is 6.87. The molecule has 1 N–H and O–H groups in total. The van der Waals surface area contributed by atoms with Gasteiger partial charge in [0.1, 0.15) is 5.75 Å². The van der Waals surface area contributed by atoms with Gasteiger partial charge in [0, 0.05) is 44.0 Å². The summed E-state index contributed by atoms with van der Waals surface area (Å²) in [6.07, 6.45) is 9.54. The zero-order valence-corrected chi connectivity index (χ0v) is 21.5. The van der Waals surface area contributed by atoms with E-state index in [1.165, 1.54) is 5.69 Å². The summed E-state index contributed by atoms with van der Waals surface area (Å²) in [5, 5.41) is 3.01. The number of carbonyl (C=O) groups is 2. The highest BCUT2D eigenvalue weighted by Crippen LogP contribution is 2.22. The van der Waals surface area contributed by atoms with Crippen molar-refractivity contribution >= 4 is 29.3 Å². The van der Waals surface area contributed by atoms with Gasteiger partial charge in [0.15, 0.2) is 11.9 Å². The van der Waals surface area contributed by atoms with Crippen LogP contribution >= 0.6 is 0 Å². The molecule has 8 heteroatoms. The molecule has 5 rings (SSSR count). The summed E-state index contributed by atoms with van der Waals surface area (Å²) in [6.45, 7) is 5.55. The van der Waals surface area contributed by atoms with E-state index in [0.717, 1.165) is 50.5 Å². The first-order valence-electron chi connectivity index (χ1n) is 12.9. The van der Waals surface area contributed by atoms with Crippen LogP contribution in [0.25, 0.3) is 6.08 Å². The Morgan fingerprint density at radius 2 is 1.84 bits per heavy atom. The number of fused-ring (bicyclic) bond motifs is 1. The van der Waals surface area contributed by atoms with Crippen LogP contribution in [0.4, 0.5) is 5.69 Å². The molecule has 1 saturated heterocycles. The van der Waals surface area contributed by atoms with Gasteiger partial charge < -0.3 is 19.7 Å². The van der Waals surface area contributed by atoms with Gasteiger partial charge in [0.05, 0.1) is 12.8 Å². The number of piperazine rings is 1. The highest BCUT2D eigenvalue weighted by atomic mass is 16.5. The van der Waals surface area contributed by atoms with E-state index in [1.54, 1.807) is 43.5 Å². The zero-order valence-electron chi connectivity index (χ0n) is 21.5. The number of carbonyl (C=O) groups excluding carboxylic acids is 2. The normalized spacial score (nSPS) is 20.1. The lowest BCUT2D eigenvalue weighted by atomic mass is 10.1. The molecule has 1 aliphatic carbocycles. The number of benzene rings is 2. The molecule has 2 aliphatic heterocycles. The molecule has 0 radical (unpaired) electrons. The number of nitrogens with zero attached hydrogens (tertiary/aromatic N) is 3. The Morgan fingerprint density at radius 3 is 2.58 bits per heavy atom. The molecule has 2 aromatic rings. The molecule has 0 saturated carbocycles. The largest absolute Gasteiger partial charge is 0.497 e. The lowest BCUT2D eigenvalue weighted by Gasteiger charge is -2.36. The summed E-state index contributed by atoms with van der Waals surface area (Å²) in [7, 11) is 1.68. The smallest absolute Gasteiger partial charge is 0.312 e. The van der Waals surface area contributed by atoms with Crippen molar-refractivity contribution in [2.24, 2.45) is 4.99 Å². The topological polar surface area (TPSA) is 83.5 Å². The predicted octanol–water partition coefficient (Wildman–Crippen LogP) is 3.47. The van der Waals surface area contributed by atoms with E-state index in [-0.39, 0.29) is 17.8 Å². The van der Waals surface area contributed by atoms with E-state index < -0.39 is 5.91 Å². The fourth-order valence-corrected chi connectivity index (χ4v) is 4.68. The van der Waals surface area contributed by atoms with Gasteiger partial charge >= 0.3 is 5.91 Å². The van der Waals surface area contributed by atoms with Crippen LogP contribution in [-0.4, -0.2) is 74.9 Å². The van der Waals surface area contributed by atoms with Crippen LogP contribution in [0.3, 0.4) is 0 Å². The zero-order chi connectivity index (χ0) is 26.3. The molecule has 0 spiro atoms. The van der Waals surface area contributed by atoms with Crippen molar-refractivity contribution in [1.82, 2.24) is 10.2 Å². The van der Waals surface area contributed by atoms with Gasteiger partial charge in [-0.3, -0.25) is 14.5 Å². The average molecular weight is 513 g/mol. The second-order valence-corrected chi connectivity index (χ2v) is 9.39. The Morgan fingerprint density at radius 1 is 1.08 bits per heavy atom. The summed E-state index contributed by atoms with van der Waals surface area (Å²) >= 11 is 0. The molecular formula is C30H32N4O4. The molecule has 8 nitrogen and oxygen atoms in total. The standard InChI is InChI=1S/C30H32N4O4/c1-37-25-13-11-24(12-14-25)34-19-17-33(18-20-34)16-4-15-31-29(35)23-9-7-22(8-10-23)21-28-30(36)32-26-5-2-3-6-27(26)38-28/h2-3,5-14,21,27H,4,15-20H2,1H3,(H,31,35)/b28-21-. The minimum atomic E-state index is -0.403. The summed E-state index contributed by atoms with van der Waals surface area (Å²) in [6, 6.07) is 15.3. The van der Waals surface area contributed by atoms with Crippen molar-refractivity contribution in [1.29, 1.82) is 0 Å². The van der Waals surface area contributed by atoms with Crippen molar-refractivity contribution in [3.05, 3.63) is 89.7 Å². The Hall–Kier alpha value is -4.17. The van der Waals surface area contributed by atoms with Crippen LogP contribution in [0.15, 0.2) is 83.6 Å². The van der Waals surface area contributed by atoms with Gasteiger partial charge in [-0.25, -0.2) is 4.99 Å². The fourth-order valence-electron chi connectivity index (χ4n) is 4.68. The van der Waals surface area contributed by atoms with Gasteiger partial charge in [0.2, 0.25) is 0 Å². The maximum Gasteiger partial charge on any atom is 0.312 e. The number of aliphatic imine (C=N–C) groups is 1. The van der Waals surface area contributed by atoms with Gasteiger partial charge in [-0.05, 0) is 73.2 Å². The predicted molar refractivity (Wildman–Crippen MR) is 149 cm³/mol. The molecule has 1 fully saturated rings. The second-order valence-electron chi connectivity index (χ2n) is 9.39.